The fraction of sp³-hybridized carbons (Fsp3) is 0.250. The van der Waals surface area contributed by atoms with E-state index in [1.54, 1.807) is 17.6 Å². The Morgan fingerprint density at radius 1 is 1.37 bits per heavy atom. The van der Waals surface area contributed by atoms with Crippen molar-refractivity contribution in [3.8, 4) is 0 Å². The van der Waals surface area contributed by atoms with Gasteiger partial charge in [-0.3, -0.25) is 0 Å². The molecule has 2 N–H and O–H groups in total. The van der Waals surface area contributed by atoms with Crippen molar-refractivity contribution in [3.05, 3.63) is 22.9 Å². The van der Waals surface area contributed by atoms with Gasteiger partial charge in [0.15, 0.2) is 0 Å². The Morgan fingerprint density at radius 2 is 2.21 bits per heavy atom. The number of oxazole rings is 1. The molecule has 0 fully saturated rings. The normalized spacial score (nSPS) is 11.3. The molecule has 0 aliphatic rings. The highest BCUT2D eigenvalue weighted by Crippen LogP contribution is 2.35. The molecule has 5 nitrogen and oxygen atoms in total. The van der Waals surface area contributed by atoms with Gasteiger partial charge in [0, 0.05) is 10.3 Å². The van der Waals surface area contributed by atoms with Crippen LogP contribution in [-0.2, 0) is 6.42 Å². The van der Waals surface area contributed by atoms with Crippen LogP contribution in [0.15, 0.2) is 27.0 Å². The number of hydrogen-bond acceptors (Lipinski definition) is 7. The zero-order chi connectivity index (χ0) is 13.4. The zero-order valence-corrected chi connectivity index (χ0v) is 12.1. The molecule has 0 radical (unpaired) electrons. The molecule has 98 valence electrons. The standard InChI is InChI=1S/C12H12N4OS2/c1-3-7-4-8-9(18-7)15-11(13)16-10(8)19-12-14-6(2)5-17-12/h4-5H,3H2,1-2H3,(H2,13,15,16). The van der Waals surface area contributed by atoms with Crippen LogP contribution in [-0.4, -0.2) is 15.0 Å². The van der Waals surface area contributed by atoms with E-state index in [1.807, 2.05) is 6.92 Å². The van der Waals surface area contributed by atoms with E-state index in [0.29, 0.717) is 5.22 Å². The van der Waals surface area contributed by atoms with Crippen molar-refractivity contribution in [1.29, 1.82) is 0 Å². The summed E-state index contributed by atoms with van der Waals surface area (Å²) >= 11 is 3.02. The van der Waals surface area contributed by atoms with Gasteiger partial charge in [0.2, 0.25) is 5.95 Å². The summed E-state index contributed by atoms with van der Waals surface area (Å²) in [5, 5.41) is 2.37. The fourth-order valence-corrected chi connectivity index (χ4v) is 3.57. The smallest absolute Gasteiger partial charge is 0.262 e. The van der Waals surface area contributed by atoms with Crippen LogP contribution in [0.25, 0.3) is 10.2 Å². The monoisotopic (exact) mass is 292 g/mol. The van der Waals surface area contributed by atoms with Crippen LogP contribution in [0.4, 0.5) is 5.95 Å². The van der Waals surface area contributed by atoms with E-state index >= 15 is 0 Å². The first-order chi connectivity index (χ1) is 9.15. The van der Waals surface area contributed by atoms with E-state index in [1.165, 1.54) is 16.6 Å². The van der Waals surface area contributed by atoms with Gasteiger partial charge in [0.05, 0.1) is 5.69 Å². The Labute approximate surface area is 118 Å². The van der Waals surface area contributed by atoms with Gasteiger partial charge in [-0.05, 0) is 31.2 Å². The van der Waals surface area contributed by atoms with Crippen LogP contribution in [0.3, 0.4) is 0 Å². The number of aryl methyl sites for hydroxylation is 2. The molecule has 19 heavy (non-hydrogen) atoms. The molecule has 0 bridgehead atoms. The average Bonchev–Trinajstić information content (AvgIpc) is 2.95. The largest absolute Gasteiger partial charge is 0.439 e. The van der Waals surface area contributed by atoms with Gasteiger partial charge in [-0.1, -0.05) is 6.92 Å². The number of nitrogens with zero attached hydrogens (tertiary/aromatic N) is 3. The Kier molecular flexibility index (Phi) is 3.16. The Balaban J connectivity index is 2.08. The van der Waals surface area contributed by atoms with Crippen molar-refractivity contribution in [2.45, 2.75) is 30.5 Å². The molecule has 3 aromatic rings. The average molecular weight is 292 g/mol. The highest BCUT2D eigenvalue weighted by molar-refractivity contribution is 7.99. The maximum Gasteiger partial charge on any atom is 0.262 e. The van der Waals surface area contributed by atoms with Crippen LogP contribution in [0.2, 0.25) is 0 Å². The van der Waals surface area contributed by atoms with Crippen LogP contribution in [0.1, 0.15) is 17.5 Å². The number of fused-ring (bicyclic) bond motifs is 1. The van der Waals surface area contributed by atoms with Crippen molar-refractivity contribution in [3.63, 3.8) is 0 Å². The number of rotatable bonds is 3. The number of thiophene rings is 1. The third kappa shape index (κ3) is 2.43. The van der Waals surface area contributed by atoms with Gasteiger partial charge in [-0.15, -0.1) is 11.3 Å². The van der Waals surface area contributed by atoms with E-state index in [2.05, 4.69) is 27.9 Å². The Bertz CT molecular complexity index is 734. The molecule has 0 atom stereocenters. The minimum absolute atomic E-state index is 0.280. The molecule has 0 unspecified atom stereocenters. The summed E-state index contributed by atoms with van der Waals surface area (Å²) in [7, 11) is 0. The van der Waals surface area contributed by atoms with Crippen LogP contribution in [0, 0.1) is 6.92 Å². The number of hydrogen-bond donors (Lipinski definition) is 1. The van der Waals surface area contributed by atoms with E-state index in [0.717, 1.165) is 27.4 Å². The summed E-state index contributed by atoms with van der Waals surface area (Å²) in [6.45, 7) is 4.00. The number of anilines is 1. The molecule has 0 aliphatic carbocycles. The highest BCUT2D eigenvalue weighted by Gasteiger charge is 2.13. The first-order valence-corrected chi connectivity index (χ1v) is 7.45. The van der Waals surface area contributed by atoms with Gasteiger partial charge in [0.1, 0.15) is 16.1 Å². The molecule has 0 aromatic carbocycles. The number of nitrogens with two attached hydrogens (primary N) is 1. The highest BCUT2D eigenvalue weighted by atomic mass is 32.2. The van der Waals surface area contributed by atoms with Gasteiger partial charge < -0.3 is 10.2 Å². The zero-order valence-electron chi connectivity index (χ0n) is 10.5. The summed E-state index contributed by atoms with van der Waals surface area (Å²) in [4.78, 5) is 15.0. The van der Waals surface area contributed by atoms with E-state index in [-0.39, 0.29) is 5.95 Å². The van der Waals surface area contributed by atoms with Crippen molar-refractivity contribution >= 4 is 39.3 Å². The summed E-state index contributed by atoms with van der Waals surface area (Å²) in [5.74, 6) is 0.280. The molecule has 3 heterocycles. The van der Waals surface area contributed by atoms with E-state index in [4.69, 9.17) is 10.2 Å². The minimum atomic E-state index is 0.280. The first-order valence-electron chi connectivity index (χ1n) is 5.81. The molecule has 3 aromatic heterocycles. The molecule has 3 rings (SSSR count). The van der Waals surface area contributed by atoms with Crippen molar-refractivity contribution in [1.82, 2.24) is 15.0 Å². The molecular weight excluding hydrogens is 280 g/mol. The van der Waals surface area contributed by atoms with Crippen molar-refractivity contribution in [2.24, 2.45) is 0 Å². The lowest BCUT2D eigenvalue weighted by Gasteiger charge is -1.99. The lowest BCUT2D eigenvalue weighted by Crippen LogP contribution is -1.95. The van der Waals surface area contributed by atoms with Gasteiger partial charge in [-0.2, -0.15) is 0 Å². The second-order valence-corrected chi connectivity index (χ2v) is 6.08. The van der Waals surface area contributed by atoms with Crippen LogP contribution in [0.5, 0.6) is 0 Å². The number of nitrogen functional groups attached to an aromatic ring is 1. The minimum Gasteiger partial charge on any atom is -0.439 e. The number of aromatic nitrogens is 3. The molecule has 7 heteroatoms. The fourth-order valence-electron chi connectivity index (χ4n) is 1.67. The topological polar surface area (TPSA) is 77.8 Å². The molecular formula is C12H12N4OS2. The van der Waals surface area contributed by atoms with Crippen LogP contribution >= 0.6 is 23.1 Å². The van der Waals surface area contributed by atoms with Crippen LogP contribution < -0.4 is 5.73 Å². The lowest BCUT2D eigenvalue weighted by molar-refractivity contribution is 0.454. The quantitative estimate of drug-likeness (QED) is 0.746. The summed E-state index contributed by atoms with van der Waals surface area (Å²) in [6, 6.07) is 2.11. The maximum atomic E-state index is 5.75. The lowest BCUT2D eigenvalue weighted by atomic mass is 10.3. The second kappa shape index (κ2) is 4.82. The van der Waals surface area contributed by atoms with Gasteiger partial charge in [-0.25, -0.2) is 15.0 Å². The molecule has 0 aliphatic heterocycles. The Morgan fingerprint density at radius 3 is 2.89 bits per heavy atom. The summed E-state index contributed by atoms with van der Waals surface area (Å²) in [5.41, 5.74) is 6.60. The summed E-state index contributed by atoms with van der Waals surface area (Å²) < 4.78 is 5.34. The first kappa shape index (κ1) is 12.4. The summed E-state index contributed by atoms with van der Waals surface area (Å²) in [6.07, 6.45) is 2.60. The van der Waals surface area contributed by atoms with Crippen molar-refractivity contribution in [2.75, 3.05) is 5.73 Å². The van der Waals surface area contributed by atoms with E-state index < -0.39 is 0 Å². The van der Waals surface area contributed by atoms with Crippen molar-refractivity contribution < 1.29 is 4.42 Å². The van der Waals surface area contributed by atoms with Gasteiger partial charge in [0.25, 0.3) is 5.22 Å². The predicted molar refractivity (Wildman–Crippen MR) is 76.6 cm³/mol. The predicted octanol–water partition coefficient (Wildman–Crippen LogP) is 3.28. The maximum absolute atomic E-state index is 5.75. The molecule has 0 saturated carbocycles. The SMILES string of the molecule is CCc1cc2c(Sc3nc(C)co3)nc(N)nc2s1. The second-order valence-electron chi connectivity index (χ2n) is 4.03. The van der Waals surface area contributed by atoms with Gasteiger partial charge >= 0.3 is 0 Å². The Hall–Kier alpha value is -1.60. The third-order valence-electron chi connectivity index (χ3n) is 2.56. The molecule has 0 amide bonds. The van der Waals surface area contributed by atoms with E-state index in [9.17, 15) is 0 Å². The molecule has 0 spiro atoms. The third-order valence-corrected chi connectivity index (χ3v) is 4.60. The molecule has 0 saturated heterocycles.